The third kappa shape index (κ3) is 1.56. The van der Waals surface area contributed by atoms with Crippen LogP contribution in [0.25, 0.3) is 10.9 Å². The SMILES string of the molecule is O=c1[nH]c2c(F)cccc2c(CBr)c1F. The van der Waals surface area contributed by atoms with Crippen LogP contribution in [-0.4, -0.2) is 4.98 Å². The number of H-pyrrole nitrogens is 1. The molecule has 0 atom stereocenters. The molecule has 1 aromatic carbocycles. The quantitative estimate of drug-likeness (QED) is 0.797. The third-order valence-electron chi connectivity index (χ3n) is 2.18. The number of aromatic nitrogens is 1. The zero-order valence-electron chi connectivity index (χ0n) is 7.48. The van der Waals surface area contributed by atoms with Crippen LogP contribution in [0.4, 0.5) is 8.78 Å². The predicted octanol–water partition coefficient (Wildman–Crippen LogP) is 2.70. The highest BCUT2D eigenvalue weighted by Crippen LogP contribution is 2.21. The van der Waals surface area contributed by atoms with Crippen LogP contribution in [0.5, 0.6) is 0 Å². The number of para-hydroxylation sites is 1. The second-order valence-corrected chi connectivity index (χ2v) is 3.60. The van der Waals surface area contributed by atoms with E-state index in [1.807, 2.05) is 0 Å². The Hall–Kier alpha value is -1.23. The molecule has 1 heterocycles. The molecule has 0 spiro atoms. The Kier molecular flexibility index (Phi) is 2.56. The molecule has 0 saturated heterocycles. The van der Waals surface area contributed by atoms with Crippen molar-refractivity contribution in [3.05, 3.63) is 45.8 Å². The van der Waals surface area contributed by atoms with Crippen LogP contribution in [0.1, 0.15) is 5.56 Å². The Morgan fingerprint density at radius 1 is 1.33 bits per heavy atom. The summed E-state index contributed by atoms with van der Waals surface area (Å²) in [4.78, 5) is 13.3. The first-order valence-corrected chi connectivity index (χ1v) is 5.32. The number of fused-ring (bicyclic) bond motifs is 1. The normalized spacial score (nSPS) is 10.9. The van der Waals surface area contributed by atoms with Crippen LogP contribution in [0.15, 0.2) is 23.0 Å². The number of hydrogen-bond acceptors (Lipinski definition) is 1. The van der Waals surface area contributed by atoms with Crippen molar-refractivity contribution in [2.24, 2.45) is 0 Å². The molecule has 78 valence electrons. The van der Waals surface area contributed by atoms with Gasteiger partial charge in [0.05, 0.1) is 5.52 Å². The van der Waals surface area contributed by atoms with Crippen LogP contribution in [0, 0.1) is 11.6 Å². The lowest BCUT2D eigenvalue weighted by Crippen LogP contribution is -2.14. The fraction of sp³-hybridized carbons (Fsp3) is 0.100. The van der Waals surface area contributed by atoms with E-state index in [9.17, 15) is 13.6 Å². The third-order valence-corrected chi connectivity index (χ3v) is 2.74. The molecule has 1 N–H and O–H groups in total. The Bertz CT molecular complexity index is 579. The molecule has 0 bridgehead atoms. The van der Waals surface area contributed by atoms with Crippen LogP contribution < -0.4 is 5.56 Å². The minimum absolute atomic E-state index is 0.0401. The zero-order chi connectivity index (χ0) is 11.0. The molecule has 2 aromatic rings. The van der Waals surface area contributed by atoms with Crippen LogP contribution in [0.2, 0.25) is 0 Å². The van der Waals surface area contributed by atoms with Crippen LogP contribution >= 0.6 is 15.9 Å². The molecule has 15 heavy (non-hydrogen) atoms. The molecule has 5 heteroatoms. The highest BCUT2D eigenvalue weighted by molar-refractivity contribution is 9.08. The van der Waals surface area contributed by atoms with Gasteiger partial charge >= 0.3 is 0 Å². The topological polar surface area (TPSA) is 32.9 Å². The van der Waals surface area contributed by atoms with E-state index in [0.717, 1.165) is 0 Å². The van der Waals surface area contributed by atoms with E-state index in [2.05, 4.69) is 20.9 Å². The largest absolute Gasteiger partial charge is 0.317 e. The first-order valence-electron chi connectivity index (χ1n) is 4.20. The van der Waals surface area contributed by atoms with E-state index in [1.165, 1.54) is 12.1 Å². The highest BCUT2D eigenvalue weighted by Gasteiger charge is 2.12. The maximum atomic E-state index is 13.4. The molecule has 0 unspecified atom stereocenters. The molecule has 0 amide bonds. The van der Waals surface area contributed by atoms with Gasteiger partial charge in [0.15, 0.2) is 5.82 Å². The van der Waals surface area contributed by atoms with Crippen molar-refractivity contribution < 1.29 is 8.78 Å². The van der Waals surface area contributed by atoms with Crippen molar-refractivity contribution in [2.45, 2.75) is 5.33 Å². The van der Waals surface area contributed by atoms with Gasteiger partial charge in [-0.1, -0.05) is 28.1 Å². The minimum atomic E-state index is -0.901. The fourth-order valence-electron chi connectivity index (χ4n) is 1.46. The molecular weight excluding hydrogens is 268 g/mol. The lowest BCUT2D eigenvalue weighted by Gasteiger charge is -2.04. The summed E-state index contributed by atoms with van der Waals surface area (Å²) < 4.78 is 26.7. The van der Waals surface area contributed by atoms with Crippen molar-refractivity contribution in [3.8, 4) is 0 Å². The van der Waals surface area contributed by atoms with Crippen molar-refractivity contribution in [1.82, 2.24) is 4.98 Å². The van der Waals surface area contributed by atoms with Gasteiger partial charge in [0.25, 0.3) is 5.56 Å². The standard InChI is InChI=1S/C10H6BrF2NO/c11-4-6-5-2-1-3-7(12)9(5)14-10(15)8(6)13/h1-3H,4H2,(H,14,15). The summed E-state index contributed by atoms with van der Waals surface area (Å²) in [5.74, 6) is -1.43. The van der Waals surface area contributed by atoms with E-state index < -0.39 is 17.2 Å². The van der Waals surface area contributed by atoms with E-state index in [4.69, 9.17) is 0 Å². The van der Waals surface area contributed by atoms with Crippen LogP contribution in [0.3, 0.4) is 0 Å². The molecule has 2 nitrogen and oxygen atoms in total. The van der Waals surface area contributed by atoms with Gasteiger partial charge in [-0.3, -0.25) is 4.79 Å². The maximum absolute atomic E-state index is 13.4. The Morgan fingerprint density at radius 3 is 2.73 bits per heavy atom. The van der Waals surface area contributed by atoms with Crippen LogP contribution in [-0.2, 0) is 5.33 Å². The number of pyridine rings is 1. The monoisotopic (exact) mass is 273 g/mol. The lowest BCUT2D eigenvalue weighted by atomic mass is 10.1. The number of benzene rings is 1. The maximum Gasteiger partial charge on any atom is 0.284 e. The van der Waals surface area contributed by atoms with Gasteiger partial charge in [-0.15, -0.1) is 0 Å². The van der Waals surface area contributed by atoms with Gasteiger partial charge in [-0.25, -0.2) is 8.78 Å². The first-order chi connectivity index (χ1) is 7.15. The number of halogens is 3. The smallest absolute Gasteiger partial charge is 0.284 e. The fourth-order valence-corrected chi connectivity index (χ4v) is 2.01. The van der Waals surface area contributed by atoms with Crippen molar-refractivity contribution >= 4 is 26.8 Å². The van der Waals surface area contributed by atoms with E-state index >= 15 is 0 Å². The zero-order valence-corrected chi connectivity index (χ0v) is 9.07. The molecule has 0 aliphatic rings. The molecule has 2 rings (SSSR count). The van der Waals surface area contributed by atoms with Gasteiger partial charge in [-0.05, 0) is 6.07 Å². The summed E-state index contributed by atoms with van der Waals surface area (Å²) in [5.41, 5.74) is -0.686. The minimum Gasteiger partial charge on any atom is -0.317 e. The second-order valence-electron chi connectivity index (χ2n) is 3.04. The Labute approximate surface area is 92.1 Å². The summed E-state index contributed by atoms with van der Waals surface area (Å²) in [6, 6.07) is 4.25. The van der Waals surface area contributed by atoms with Crippen molar-refractivity contribution in [2.75, 3.05) is 0 Å². The number of alkyl halides is 1. The van der Waals surface area contributed by atoms with E-state index in [0.29, 0.717) is 5.39 Å². The van der Waals surface area contributed by atoms with E-state index in [1.54, 1.807) is 6.07 Å². The number of rotatable bonds is 1. The van der Waals surface area contributed by atoms with Crippen molar-refractivity contribution in [1.29, 1.82) is 0 Å². The molecule has 1 aromatic heterocycles. The first kappa shape index (κ1) is 10.3. The average molecular weight is 274 g/mol. The number of hydrogen-bond donors (Lipinski definition) is 1. The summed E-state index contributed by atoms with van der Waals surface area (Å²) in [7, 11) is 0. The summed E-state index contributed by atoms with van der Waals surface area (Å²) in [6.07, 6.45) is 0. The number of aromatic amines is 1. The molecule has 0 aliphatic carbocycles. The average Bonchev–Trinajstić information content (AvgIpc) is 2.22. The van der Waals surface area contributed by atoms with Gasteiger partial charge in [0.2, 0.25) is 0 Å². The summed E-state index contributed by atoms with van der Waals surface area (Å²) in [5, 5.41) is 0.548. The molecule has 0 radical (unpaired) electrons. The molecule has 0 saturated carbocycles. The van der Waals surface area contributed by atoms with Crippen molar-refractivity contribution in [3.63, 3.8) is 0 Å². The molecular formula is C10H6BrF2NO. The predicted molar refractivity (Wildman–Crippen MR) is 57.1 cm³/mol. The summed E-state index contributed by atoms with van der Waals surface area (Å²) in [6.45, 7) is 0. The Balaban J connectivity index is 3.01. The Morgan fingerprint density at radius 2 is 2.07 bits per heavy atom. The lowest BCUT2D eigenvalue weighted by molar-refractivity contribution is 0.598. The van der Waals surface area contributed by atoms with Gasteiger partial charge < -0.3 is 4.98 Å². The van der Waals surface area contributed by atoms with Gasteiger partial charge in [-0.2, -0.15) is 0 Å². The molecule has 0 fully saturated rings. The van der Waals surface area contributed by atoms with Gasteiger partial charge in [0, 0.05) is 16.3 Å². The second kappa shape index (κ2) is 3.73. The van der Waals surface area contributed by atoms with Gasteiger partial charge in [0.1, 0.15) is 5.82 Å². The summed E-state index contributed by atoms with van der Waals surface area (Å²) >= 11 is 3.07. The number of nitrogens with one attached hydrogen (secondary N) is 1. The molecule has 0 aliphatic heterocycles. The highest BCUT2D eigenvalue weighted by atomic mass is 79.9. The van der Waals surface area contributed by atoms with E-state index in [-0.39, 0.29) is 16.4 Å².